The number of aryl methyl sites for hydroxylation is 1. The lowest BCUT2D eigenvalue weighted by Crippen LogP contribution is -2.28. The first-order valence-corrected chi connectivity index (χ1v) is 8.74. The standard InChI is InChI=1S/C22H22N2O3/c1-16-8-3-5-10-18(16)22(26)19-11-7-13-24(19)15-21(25)23-14-17-9-4-6-12-20(17)27-2/h3-13H,14-15H2,1-2H3,(H,23,25). The Hall–Kier alpha value is -3.34. The van der Waals surface area contributed by atoms with Gasteiger partial charge in [0.15, 0.2) is 0 Å². The van der Waals surface area contributed by atoms with Crippen LogP contribution in [-0.4, -0.2) is 23.4 Å². The molecule has 0 radical (unpaired) electrons. The number of aromatic nitrogens is 1. The third-order valence-corrected chi connectivity index (χ3v) is 4.43. The van der Waals surface area contributed by atoms with Crippen LogP contribution in [0.2, 0.25) is 0 Å². The second-order valence-corrected chi connectivity index (χ2v) is 6.25. The SMILES string of the molecule is COc1ccccc1CNC(=O)Cn1cccc1C(=O)c1ccccc1C. The zero-order valence-corrected chi connectivity index (χ0v) is 15.4. The molecule has 27 heavy (non-hydrogen) atoms. The summed E-state index contributed by atoms with van der Waals surface area (Å²) in [7, 11) is 1.60. The number of benzene rings is 2. The van der Waals surface area contributed by atoms with Gasteiger partial charge >= 0.3 is 0 Å². The lowest BCUT2D eigenvalue weighted by Gasteiger charge is -2.12. The van der Waals surface area contributed by atoms with E-state index in [1.54, 1.807) is 36.1 Å². The fraction of sp³-hybridized carbons (Fsp3) is 0.182. The smallest absolute Gasteiger partial charge is 0.240 e. The summed E-state index contributed by atoms with van der Waals surface area (Å²) in [6.07, 6.45) is 1.74. The molecule has 2 aromatic carbocycles. The molecule has 5 nitrogen and oxygen atoms in total. The average molecular weight is 362 g/mol. The molecule has 0 atom stereocenters. The summed E-state index contributed by atoms with van der Waals surface area (Å²) in [4.78, 5) is 25.2. The molecule has 3 rings (SSSR count). The highest BCUT2D eigenvalue weighted by Crippen LogP contribution is 2.17. The molecule has 0 bridgehead atoms. The van der Waals surface area contributed by atoms with E-state index < -0.39 is 0 Å². The van der Waals surface area contributed by atoms with E-state index in [9.17, 15) is 9.59 Å². The summed E-state index contributed by atoms with van der Waals surface area (Å²) >= 11 is 0. The number of rotatable bonds is 7. The minimum Gasteiger partial charge on any atom is -0.496 e. The molecule has 0 aliphatic carbocycles. The molecular formula is C22H22N2O3. The molecule has 0 aliphatic rings. The monoisotopic (exact) mass is 362 g/mol. The zero-order valence-electron chi connectivity index (χ0n) is 15.4. The molecule has 0 unspecified atom stereocenters. The molecule has 0 spiro atoms. The summed E-state index contributed by atoms with van der Waals surface area (Å²) in [6, 6.07) is 18.5. The summed E-state index contributed by atoms with van der Waals surface area (Å²) in [5.74, 6) is 0.473. The Bertz CT molecular complexity index is 959. The Morgan fingerprint density at radius 3 is 2.52 bits per heavy atom. The molecule has 0 saturated carbocycles. The Labute approximate surface area is 158 Å². The van der Waals surface area contributed by atoms with Crippen molar-refractivity contribution in [1.82, 2.24) is 9.88 Å². The predicted octanol–water partition coefficient (Wildman–Crippen LogP) is 3.35. The van der Waals surface area contributed by atoms with Crippen molar-refractivity contribution in [3.05, 3.63) is 89.2 Å². The Balaban J connectivity index is 1.68. The molecular weight excluding hydrogens is 340 g/mol. The molecule has 0 fully saturated rings. The van der Waals surface area contributed by atoms with Gasteiger partial charge in [0, 0.05) is 23.9 Å². The molecule has 0 saturated heterocycles. The van der Waals surface area contributed by atoms with Gasteiger partial charge in [-0.3, -0.25) is 9.59 Å². The van der Waals surface area contributed by atoms with E-state index in [0.717, 1.165) is 16.9 Å². The van der Waals surface area contributed by atoms with Crippen LogP contribution in [0, 0.1) is 6.92 Å². The van der Waals surface area contributed by atoms with Crippen LogP contribution in [0.1, 0.15) is 27.2 Å². The first-order valence-electron chi connectivity index (χ1n) is 8.74. The molecule has 1 heterocycles. The molecule has 138 valence electrons. The minimum absolute atomic E-state index is 0.0785. The van der Waals surface area contributed by atoms with Crippen LogP contribution in [0.15, 0.2) is 66.9 Å². The zero-order chi connectivity index (χ0) is 19.2. The van der Waals surface area contributed by atoms with Gasteiger partial charge in [-0.1, -0.05) is 42.5 Å². The van der Waals surface area contributed by atoms with Gasteiger partial charge in [0.05, 0.1) is 12.8 Å². The van der Waals surface area contributed by atoms with Crippen molar-refractivity contribution in [2.75, 3.05) is 7.11 Å². The number of hydrogen-bond donors (Lipinski definition) is 1. The van der Waals surface area contributed by atoms with Crippen LogP contribution in [-0.2, 0) is 17.9 Å². The molecule has 3 aromatic rings. The molecule has 1 N–H and O–H groups in total. The first-order chi connectivity index (χ1) is 13.1. The van der Waals surface area contributed by atoms with E-state index in [1.807, 2.05) is 49.4 Å². The number of amides is 1. The van der Waals surface area contributed by atoms with Gasteiger partial charge in [-0.05, 0) is 30.7 Å². The lowest BCUT2D eigenvalue weighted by molar-refractivity contribution is -0.121. The van der Waals surface area contributed by atoms with Crippen LogP contribution in [0.3, 0.4) is 0 Å². The first kappa shape index (κ1) is 18.5. The number of carbonyl (C=O) groups excluding carboxylic acids is 2. The summed E-state index contributed by atoms with van der Waals surface area (Å²) in [5, 5.41) is 2.88. The van der Waals surface area contributed by atoms with Crippen molar-refractivity contribution in [2.24, 2.45) is 0 Å². The van der Waals surface area contributed by atoms with Crippen LogP contribution in [0.4, 0.5) is 0 Å². The number of hydrogen-bond acceptors (Lipinski definition) is 3. The fourth-order valence-electron chi connectivity index (χ4n) is 2.98. The van der Waals surface area contributed by atoms with Crippen LogP contribution < -0.4 is 10.1 Å². The predicted molar refractivity (Wildman–Crippen MR) is 104 cm³/mol. The maximum atomic E-state index is 12.8. The largest absolute Gasteiger partial charge is 0.496 e. The van der Waals surface area contributed by atoms with E-state index >= 15 is 0 Å². The average Bonchev–Trinajstić information content (AvgIpc) is 3.14. The van der Waals surface area contributed by atoms with Gasteiger partial charge in [-0.2, -0.15) is 0 Å². The summed E-state index contributed by atoms with van der Waals surface area (Å²) in [6.45, 7) is 2.35. The van der Waals surface area contributed by atoms with Crippen molar-refractivity contribution < 1.29 is 14.3 Å². The van der Waals surface area contributed by atoms with Crippen LogP contribution in [0.5, 0.6) is 5.75 Å². The number of ketones is 1. The third kappa shape index (κ3) is 4.26. The van der Waals surface area contributed by atoms with Crippen molar-refractivity contribution in [3.63, 3.8) is 0 Å². The number of methoxy groups -OCH3 is 1. The van der Waals surface area contributed by atoms with Crippen molar-refractivity contribution >= 4 is 11.7 Å². The Morgan fingerprint density at radius 1 is 1.00 bits per heavy atom. The molecule has 5 heteroatoms. The van der Waals surface area contributed by atoms with E-state index in [4.69, 9.17) is 4.74 Å². The van der Waals surface area contributed by atoms with Gasteiger partial charge < -0.3 is 14.6 Å². The fourth-order valence-corrected chi connectivity index (χ4v) is 2.98. The van der Waals surface area contributed by atoms with E-state index in [0.29, 0.717) is 17.8 Å². The summed E-state index contributed by atoms with van der Waals surface area (Å²) < 4.78 is 6.97. The highest BCUT2D eigenvalue weighted by Gasteiger charge is 2.16. The number of nitrogens with one attached hydrogen (secondary N) is 1. The number of para-hydroxylation sites is 1. The highest BCUT2D eigenvalue weighted by molar-refractivity contribution is 6.09. The second kappa shape index (κ2) is 8.36. The Morgan fingerprint density at radius 2 is 1.74 bits per heavy atom. The van der Waals surface area contributed by atoms with Crippen LogP contribution in [0.25, 0.3) is 0 Å². The second-order valence-electron chi connectivity index (χ2n) is 6.25. The van der Waals surface area contributed by atoms with Crippen molar-refractivity contribution in [2.45, 2.75) is 20.0 Å². The summed E-state index contributed by atoms with van der Waals surface area (Å²) in [5.41, 5.74) is 2.96. The van der Waals surface area contributed by atoms with Gasteiger partial charge in [0.25, 0.3) is 0 Å². The van der Waals surface area contributed by atoms with E-state index in [-0.39, 0.29) is 18.2 Å². The molecule has 1 aromatic heterocycles. The van der Waals surface area contributed by atoms with Gasteiger partial charge in [-0.25, -0.2) is 0 Å². The third-order valence-electron chi connectivity index (χ3n) is 4.43. The minimum atomic E-state index is -0.170. The van der Waals surface area contributed by atoms with Crippen molar-refractivity contribution in [1.29, 1.82) is 0 Å². The quantitative estimate of drug-likeness (QED) is 0.656. The number of ether oxygens (including phenoxy) is 1. The maximum Gasteiger partial charge on any atom is 0.240 e. The number of carbonyl (C=O) groups is 2. The highest BCUT2D eigenvalue weighted by atomic mass is 16.5. The van der Waals surface area contributed by atoms with Gasteiger partial charge in [0.2, 0.25) is 11.7 Å². The van der Waals surface area contributed by atoms with Crippen molar-refractivity contribution in [3.8, 4) is 5.75 Å². The van der Waals surface area contributed by atoms with Gasteiger partial charge in [0.1, 0.15) is 12.3 Å². The molecule has 0 aliphatic heterocycles. The van der Waals surface area contributed by atoms with E-state index in [1.165, 1.54) is 0 Å². The van der Waals surface area contributed by atoms with Crippen LogP contribution >= 0.6 is 0 Å². The van der Waals surface area contributed by atoms with Gasteiger partial charge in [-0.15, -0.1) is 0 Å². The lowest BCUT2D eigenvalue weighted by atomic mass is 10.0. The normalized spacial score (nSPS) is 10.4. The molecule has 1 amide bonds. The maximum absolute atomic E-state index is 12.8. The van der Waals surface area contributed by atoms with E-state index in [2.05, 4.69) is 5.32 Å². The Kier molecular flexibility index (Phi) is 5.71. The topological polar surface area (TPSA) is 60.3 Å². The number of nitrogens with zero attached hydrogens (tertiary/aromatic N) is 1.